The van der Waals surface area contributed by atoms with Gasteiger partial charge in [0.05, 0.1) is 0 Å². The monoisotopic (exact) mass is 393 g/mol. The van der Waals surface area contributed by atoms with Gasteiger partial charge in [0.2, 0.25) is 5.91 Å². The third-order valence-corrected chi connectivity index (χ3v) is 5.77. The molecule has 1 aromatic heterocycles. The van der Waals surface area contributed by atoms with Gasteiger partial charge in [-0.1, -0.05) is 6.07 Å². The van der Waals surface area contributed by atoms with Crippen molar-refractivity contribution in [3.8, 4) is 0 Å². The average molecular weight is 394 g/mol. The summed E-state index contributed by atoms with van der Waals surface area (Å²) in [6, 6.07) is 4.31. The zero-order chi connectivity index (χ0) is 15.2. The fourth-order valence-corrected chi connectivity index (χ4v) is 4.18. The minimum Gasteiger partial charge on any atom is -0.340 e. The summed E-state index contributed by atoms with van der Waals surface area (Å²) < 4.78 is 0. The Morgan fingerprint density at radius 3 is 2.50 bits per heavy atom. The first-order chi connectivity index (χ1) is 10.8. The number of rotatable bonds is 5. The van der Waals surface area contributed by atoms with E-state index in [9.17, 15) is 4.79 Å². The Balaban J connectivity index is 0.00000144. The quantitative estimate of drug-likeness (QED) is 0.834. The molecule has 1 aromatic rings. The molecule has 2 saturated heterocycles. The van der Waals surface area contributed by atoms with E-state index in [1.807, 2.05) is 11.3 Å². The topological polar surface area (TPSA) is 35.6 Å². The highest BCUT2D eigenvalue weighted by Gasteiger charge is 2.22. The normalized spacial score (nSPS) is 19.4. The predicted molar refractivity (Wildman–Crippen MR) is 105 cm³/mol. The lowest BCUT2D eigenvalue weighted by Gasteiger charge is -2.35. The molecule has 2 fully saturated rings. The molecule has 2 aliphatic heterocycles. The minimum absolute atomic E-state index is 0. The number of piperazine rings is 1. The summed E-state index contributed by atoms with van der Waals surface area (Å²) in [6.45, 7) is 7.11. The molecule has 3 rings (SSSR count). The summed E-state index contributed by atoms with van der Waals surface area (Å²) in [6.07, 6.45) is 4.30. The molecule has 0 atom stereocenters. The zero-order valence-electron chi connectivity index (χ0n) is 14.1. The molecule has 7 heteroatoms. The van der Waals surface area contributed by atoms with Gasteiger partial charge in [0.15, 0.2) is 0 Å². The molecule has 138 valence electrons. The van der Waals surface area contributed by atoms with Gasteiger partial charge < -0.3 is 10.2 Å². The van der Waals surface area contributed by atoms with Crippen LogP contribution < -0.4 is 5.32 Å². The predicted octanol–water partition coefficient (Wildman–Crippen LogP) is 3.02. The van der Waals surface area contributed by atoms with E-state index in [4.69, 9.17) is 0 Å². The Labute approximate surface area is 161 Å². The van der Waals surface area contributed by atoms with Crippen LogP contribution in [0.25, 0.3) is 0 Å². The van der Waals surface area contributed by atoms with Crippen molar-refractivity contribution in [1.82, 2.24) is 15.1 Å². The third-order valence-electron chi connectivity index (χ3n) is 4.91. The maximum atomic E-state index is 12.4. The van der Waals surface area contributed by atoms with E-state index in [-0.39, 0.29) is 24.8 Å². The van der Waals surface area contributed by atoms with E-state index < -0.39 is 0 Å². The minimum atomic E-state index is 0. The Morgan fingerprint density at radius 1 is 1.17 bits per heavy atom. The molecule has 0 unspecified atom stereocenters. The molecule has 4 nitrogen and oxygen atoms in total. The van der Waals surface area contributed by atoms with Crippen LogP contribution in [0.3, 0.4) is 0 Å². The van der Waals surface area contributed by atoms with E-state index in [1.54, 1.807) is 0 Å². The Bertz CT molecular complexity index is 458. The van der Waals surface area contributed by atoms with Gasteiger partial charge in [0.1, 0.15) is 0 Å². The van der Waals surface area contributed by atoms with Crippen LogP contribution in [0.1, 0.15) is 30.6 Å². The van der Waals surface area contributed by atoms with Gasteiger partial charge in [-0.15, -0.1) is 36.2 Å². The van der Waals surface area contributed by atoms with Crippen LogP contribution in [0.2, 0.25) is 0 Å². The second-order valence-electron chi connectivity index (χ2n) is 6.47. The van der Waals surface area contributed by atoms with E-state index in [2.05, 4.69) is 32.6 Å². The highest BCUT2D eigenvalue weighted by Crippen LogP contribution is 2.19. The summed E-state index contributed by atoms with van der Waals surface area (Å²) in [5, 5.41) is 5.52. The van der Waals surface area contributed by atoms with Gasteiger partial charge in [-0.2, -0.15) is 0 Å². The van der Waals surface area contributed by atoms with E-state index in [0.717, 1.165) is 64.6 Å². The molecule has 1 N–H and O–H groups in total. The SMILES string of the molecule is Cl.Cl.O=C(CCC1CCNCC1)N1CCN(Cc2cccs2)CC1. The number of nitrogens with one attached hydrogen (secondary N) is 1. The zero-order valence-corrected chi connectivity index (χ0v) is 16.6. The number of carbonyl (C=O) groups excluding carboxylic acids is 1. The molecule has 0 aromatic carbocycles. The van der Waals surface area contributed by atoms with Crippen molar-refractivity contribution in [2.24, 2.45) is 5.92 Å². The average Bonchev–Trinajstić information content (AvgIpc) is 3.07. The lowest BCUT2D eigenvalue weighted by molar-refractivity contribution is -0.133. The van der Waals surface area contributed by atoms with Gasteiger partial charge in [-0.05, 0) is 49.7 Å². The Morgan fingerprint density at radius 2 is 1.88 bits per heavy atom. The number of carbonyl (C=O) groups is 1. The van der Waals surface area contributed by atoms with Crippen LogP contribution in [-0.2, 0) is 11.3 Å². The van der Waals surface area contributed by atoms with Crippen molar-refractivity contribution in [2.75, 3.05) is 39.3 Å². The van der Waals surface area contributed by atoms with Gasteiger partial charge in [0, 0.05) is 44.0 Å². The highest BCUT2D eigenvalue weighted by atomic mass is 35.5. The van der Waals surface area contributed by atoms with Crippen LogP contribution in [0.15, 0.2) is 17.5 Å². The first kappa shape index (κ1) is 21.7. The van der Waals surface area contributed by atoms with Crippen molar-refractivity contribution >= 4 is 42.1 Å². The van der Waals surface area contributed by atoms with Crippen LogP contribution in [-0.4, -0.2) is 55.0 Å². The van der Waals surface area contributed by atoms with Crippen LogP contribution in [0.5, 0.6) is 0 Å². The number of hydrogen-bond acceptors (Lipinski definition) is 4. The third kappa shape index (κ3) is 6.52. The standard InChI is InChI=1S/C17H27N3OS.2ClH/c21-17(4-3-15-5-7-18-8-6-15)20-11-9-19(10-12-20)14-16-2-1-13-22-16;;/h1-2,13,15,18H,3-12,14H2;2*1H. The Kier molecular flexibility index (Phi) is 10.2. The molecular formula is C17H29Cl2N3OS. The number of nitrogens with zero attached hydrogens (tertiary/aromatic N) is 2. The lowest BCUT2D eigenvalue weighted by atomic mass is 9.93. The number of piperidine rings is 1. The highest BCUT2D eigenvalue weighted by molar-refractivity contribution is 7.09. The van der Waals surface area contributed by atoms with Gasteiger partial charge in [-0.25, -0.2) is 0 Å². The smallest absolute Gasteiger partial charge is 0.222 e. The van der Waals surface area contributed by atoms with E-state index in [1.165, 1.54) is 17.7 Å². The number of halogens is 2. The van der Waals surface area contributed by atoms with Crippen molar-refractivity contribution < 1.29 is 4.79 Å². The number of hydrogen-bond donors (Lipinski definition) is 1. The number of amides is 1. The molecule has 2 aliphatic rings. The van der Waals surface area contributed by atoms with E-state index >= 15 is 0 Å². The molecule has 0 radical (unpaired) electrons. The van der Waals surface area contributed by atoms with Crippen molar-refractivity contribution in [3.05, 3.63) is 22.4 Å². The van der Waals surface area contributed by atoms with Gasteiger partial charge in [-0.3, -0.25) is 9.69 Å². The Hall–Kier alpha value is -0.330. The molecular weight excluding hydrogens is 365 g/mol. The molecule has 1 amide bonds. The summed E-state index contributed by atoms with van der Waals surface area (Å²) in [7, 11) is 0. The van der Waals surface area contributed by atoms with Gasteiger partial charge >= 0.3 is 0 Å². The molecule has 0 bridgehead atoms. The summed E-state index contributed by atoms with van der Waals surface area (Å²) in [5.41, 5.74) is 0. The summed E-state index contributed by atoms with van der Waals surface area (Å²) in [5.74, 6) is 1.12. The maximum Gasteiger partial charge on any atom is 0.222 e. The van der Waals surface area contributed by atoms with Crippen LogP contribution >= 0.6 is 36.2 Å². The van der Waals surface area contributed by atoms with Gasteiger partial charge in [0.25, 0.3) is 0 Å². The van der Waals surface area contributed by atoms with E-state index in [0.29, 0.717) is 5.91 Å². The van der Waals surface area contributed by atoms with Crippen molar-refractivity contribution in [1.29, 1.82) is 0 Å². The second kappa shape index (κ2) is 11.3. The lowest BCUT2D eigenvalue weighted by Crippen LogP contribution is -2.48. The fourth-order valence-electron chi connectivity index (χ4n) is 3.43. The first-order valence-electron chi connectivity index (χ1n) is 8.54. The molecule has 3 heterocycles. The van der Waals surface area contributed by atoms with Crippen LogP contribution in [0, 0.1) is 5.92 Å². The molecule has 0 aliphatic carbocycles. The molecule has 24 heavy (non-hydrogen) atoms. The maximum absolute atomic E-state index is 12.4. The molecule has 0 saturated carbocycles. The summed E-state index contributed by atoms with van der Waals surface area (Å²) in [4.78, 5) is 18.3. The largest absolute Gasteiger partial charge is 0.340 e. The summed E-state index contributed by atoms with van der Waals surface area (Å²) >= 11 is 1.82. The first-order valence-corrected chi connectivity index (χ1v) is 9.42. The van der Waals surface area contributed by atoms with Crippen LogP contribution in [0.4, 0.5) is 0 Å². The number of thiophene rings is 1. The fraction of sp³-hybridized carbons (Fsp3) is 0.706. The second-order valence-corrected chi connectivity index (χ2v) is 7.50. The van der Waals surface area contributed by atoms with Crippen molar-refractivity contribution in [3.63, 3.8) is 0 Å². The van der Waals surface area contributed by atoms with Crippen molar-refractivity contribution in [2.45, 2.75) is 32.2 Å². The molecule has 0 spiro atoms.